The Morgan fingerprint density at radius 3 is 2.83 bits per heavy atom. The molecule has 0 aromatic carbocycles. The van der Waals surface area contributed by atoms with E-state index < -0.39 is 0 Å². The standard InChI is InChI=1S/C16H20N4O3/c21-20(22)13-6-4-8-17-16(13)18-12-14(15-7-5-11-23-15)19-9-2-1-3-10-19/h4-8,11,14H,1-3,9-10,12H2,(H,17,18)/p+2/t14-/m0/s1. The molecule has 0 radical (unpaired) electrons. The van der Waals surface area contributed by atoms with Gasteiger partial charge in [0.2, 0.25) is 0 Å². The molecule has 7 nitrogen and oxygen atoms in total. The van der Waals surface area contributed by atoms with E-state index in [-0.39, 0.29) is 16.7 Å². The van der Waals surface area contributed by atoms with Crippen LogP contribution in [0.15, 0.2) is 41.1 Å². The normalized spacial score (nSPS) is 16.9. The second-order valence-electron chi connectivity index (χ2n) is 5.86. The number of nitrogens with one attached hydrogen (secondary N) is 3. The van der Waals surface area contributed by atoms with E-state index in [0.717, 1.165) is 18.8 Å². The van der Waals surface area contributed by atoms with E-state index >= 15 is 0 Å². The van der Waals surface area contributed by atoms with Crippen LogP contribution in [-0.2, 0) is 0 Å². The van der Waals surface area contributed by atoms with E-state index in [1.165, 1.54) is 30.2 Å². The molecule has 0 unspecified atom stereocenters. The van der Waals surface area contributed by atoms with Crippen molar-refractivity contribution in [3.05, 3.63) is 52.6 Å². The number of furan rings is 1. The predicted molar refractivity (Wildman–Crippen MR) is 84.1 cm³/mol. The lowest BCUT2D eigenvalue weighted by Crippen LogP contribution is -3.13. The maximum Gasteiger partial charge on any atom is 0.357 e. The third-order valence-electron chi connectivity index (χ3n) is 4.39. The van der Waals surface area contributed by atoms with Crippen molar-refractivity contribution in [1.82, 2.24) is 0 Å². The van der Waals surface area contributed by atoms with Gasteiger partial charge in [0.25, 0.3) is 0 Å². The fraction of sp³-hybridized carbons (Fsp3) is 0.438. The van der Waals surface area contributed by atoms with Crippen molar-refractivity contribution in [2.75, 3.05) is 25.0 Å². The minimum Gasteiger partial charge on any atom is -0.463 e. The third-order valence-corrected chi connectivity index (χ3v) is 4.39. The molecule has 0 amide bonds. The highest BCUT2D eigenvalue weighted by Gasteiger charge is 2.31. The van der Waals surface area contributed by atoms with Gasteiger partial charge in [-0.05, 0) is 37.5 Å². The van der Waals surface area contributed by atoms with Crippen molar-refractivity contribution < 1.29 is 19.2 Å². The van der Waals surface area contributed by atoms with Gasteiger partial charge >= 0.3 is 11.5 Å². The van der Waals surface area contributed by atoms with Crippen molar-refractivity contribution in [3.8, 4) is 0 Å². The first-order chi connectivity index (χ1) is 11.3. The van der Waals surface area contributed by atoms with E-state index in [2.05, 4.69) is 10.3 Å². The molecule has 0 saturated carbocycles. The lowest BCUT2D eigenvalue weighted by Gasteiger charge is -2.29. The summed E-state index contributed by atoms with van der Waals surface area (Å²) in [6, 6.07) is 7.15. The number of hydrogen-bond acceptors (Lipinski definition) is 4. The number of nitrogens with zero attached hydrogens (tertiary/aromatic N) is 1. The molecule has 0 aliphatic carbocycles. The minimum absolute atomic E-state index is 0.0549. The molecule has 3 rings (SSSR count). The highest BCUT2D eigenvalue weighted by atomic mass is 16.6. The van der Waals surface area contributed by atoms with Gasteiger partial charge in [-0.1, -0.05) is 0 Å². The average Bonchev–Trinajstić information content (AvgIpc) is 3.10. The van der Waals surface area contributed by atoms with Crippen LogP contribution < -0.4 is 15.2 Å². The van der Waals surface area contributed by atoms with Gasteiger partial charge in [0.1, 0.15) is 6.54 Å². The zero-order valence-corrected chi connectivity index (χ0v) is 13.0. The number of rotatable bonds is 6. The van der Waals surface area contributed by atoms with Gasteiger partial charge in [-0.3, -0.25) is 15.4 Å². The zero-order valence-electron chi connectivity index (χ0n) is 13.0. The largest absolute Gasteiger partial charge is 0.463 e. The Morgan fingerprint density at radius 2 is 2.13 bits per heavy atom. The van der Waals surface area contributed by atoms with Crippen LogP contribution in [0.3, 0.4) is 0 Å². The second kappa shape index (κ2) is 7.23. The minimum atomic E-state index is -0.380. The Labute approximate surface area is 134 Å². The summed E-state index contributed by atoms with van der Waals surface area (Å²) in [6.45, 7) is 2.80. The van der Waals surface area contributed by atoms with Gasteiger partial charge in [-0.25, -0.2) is 4.98 Å². The number of pyridine rings is 1. The van der Waals surface area contributed by atoms with Gasteiger partial charge in [0.05, 0.1) is 30.5 Å². The highest BCUT2D eigenvalue weighted by Crippen LogP contribution is 2.19. The smallest absolute Gasteiger partial charge is 0.357 e. The number of quaternary nitrogens is 1. The van der Waals surface area contributed by atoms with E-state index in [1.54, 1.807) is 18.5 Å². The number of anilines is 1. The number of H-pyrrole nitrogens is 1. The van der Waals surface area contributed by atoms with E-state index in [1.807, 2.05) is 12.1 Å². The second-order valence-corrected chi connectivity index (χ2v) is 5.86. The Kier molecular flexibility index (Phi) is 4.87. The summed E-state index contributed by atoms with van der Waals surface area (Å²) >= 11 is 0. The molecular weight excluding hydrogens is 296 g/mol. The molecule has 1 aliphatic rings. The highest BCUT2D eigenvalue weighted by molar-refractivity contribution is 5.50. The van der Waals surface area contributed by atoms with Crippen LogP contribution in [0.4, 0.5) is 11.5 Å². The van der Waals surface area contributed by atoms with E-state index in [0.29, 0.717) is 12.4 Å². The van der Waals surface area contributed by atoms with Crippen LogP contribution >= 0.6 is 0 Å². The van der Waals surface area contributed by atoms with Crippen molar-refractivity contribution in [2.24, 2.45) is 0 Å². The number of aromatic amines is 1. The Morgan fingerprint density at radius 1 is 1.30 bits per heavy atom. The molecule has 122 valence electrons. The van der Waals surface area contributed by atoms with Crippen molar-refractivity contribution in [3.63, 3.8) is 0 Å². The summed E-state index contributed by atoms with van der Waals surface area (Å²) in [4.78, 5) is 15.1. The maximum absolute atomic E-state index is 11.1. The van der Waals surface area contributed by atoms with Crippen molar-refractivity contribution >= 4 is 11.5 Å². The van der Waals surface area contributed by atoms with Gasteiger partial charge in [0, 0.05) is 6.07 Å². The molecule has 1 saturated heterocycles. The van der Waals surface area contributed by atoms with Crippen LogP contribution in [0.25, 0.3) is 0 Å². The molecule has 1 aliphatic heterocycles. The fourth-order valence-corrected chi connectivity index (χ4v) is 3.22. The Bertz CT molecular complexity index is 639. The van der Waals surface area contributed by atoms with Crippen LogP contribution in [0.5, 0.6) is 0 Å². The first-order valence-corrected chi connectivity index (χ1v) is 8.02. The van der Waals surface area contributed by atoms with Crippen molar-refractivity contribution in [1.29, 1.82) is 0 Å². The molecule has 7 heteroatoms. The molecule has 3 heterocycles. The lowest BCUT2D eigenvalue weighted by molar-refractivity contribution is -0.935. The quantitative estimate of drug-likeness (QED) is 0.619. The van der Waals surface area contributed by atoms with E-state index in [4.69, 9.17) is 4.42 Å². The predicted octanol–water partition coefficient (Wildman–Crippen LogP) is 1.22. The summed E-state index contributed by atoms with van der Waals surface area (Å²) in [6.07, 6.45) is 7.07. The Balaban J connectivity index is 1.75. The number of likely N-dealkylation sites (tertiary alicyclic amines) is 1. The molecule has 1 fully saturated rings. The monoisotopic (exact) mass is 318 g/mol. The van der Waals surface area contributed by atoms with E-state index in [9.17, 15) is 10.1 Å². The van der Waals surface area contributed by atoms with Gasteiger partial charge in [-0.2, -0.15) is 0 Å². The summed E-state index contributed by atoms with van der Waals surface area (Å²) in [5, 5.41) is 14.3. The molecule has 23 heavy (non-hydrogen) atoms. The average molecular weight is 318 g/mol. The summed E-state index contributed by atoms with van der Waals surface area (Å²) in [5.74, 6) is 1.36. The third kappa shape index (κ3) is 3.68. The summed E-state index contributed by atoms with van der Waals surface area (Å²) in [5.41, 5.74) is 0.0549. The molecular formula is C16H22N4O3+2. The first kappa shape index (κ1) is 15.5. The molecule has 3 N–H and O–H groups in total. The number of nitro groups is 1. The van der Waals surface area contributed by atoms with Gasteiger partial charge in [0.15, 0.2) is 11.8 Å². The first-order valence-electron chi connectivity index (χ1n) is 8.02. The van der Waals surface area contributed by atoms with Crippen LogP contribution in [0.1, 0.15) is 31.1 Å². The molecule has 2 aromatic rings. The van der Waals surface area contributed by atoms with Crippen molar-refractivity contribution in [2.45, 2.75) is 25.3 Å². The van der Waals surface area contributed by atoms with Gasteiger partial charge < -0.3 is 9.32 Å². The Hall–Kier alpha value is -2.41. The zero-order chi connectivity index (χ0) is 16.1. The van der Waals surface area contributed by atoms with Crippen LogP contribution in [-0.4, -0.2) is 24.6 Å². The summed E-state index contributed by atoms with van der Waals surface area (Å²) < 4.78 is 5.61. The maximum atomic E-state index is 11.1. The van der Waals surface area contributed by atoms with Gasteiger partial charge in [-0.15, -0.1) is 0 Å². The molecule has 1 atom stereocenters. The number of hydrogen-bond donors (Lipinski definition) is 2. The molecule has 0 spiro atoms. The van der Waals surface area contributed by atoms with Crippen LogP contribution in [0.2, 0.25) is 0 Å². The number of piperidine rings is 1. The topological polar surface area (TPSA) is 86.9 Å². The molecule has 2 aromatic heterocycles. The van der Waals surface area contributed by atoms with Crippen LogP contribution in [0, 0.1) is 10.1 Å². The SMILES string of the molecule is O=[N+]([O-])c1ccc[nH+]c1NC[C@@H](c1ccco1)[NH+]1CCCCC1. The fourth-order valence-electron chi connectivity index (χ4n) is 3.22. The molecule has 0 bridgehead atoms. The lowest BCUT2D eigenvalue weighted by atomic mass is 10.1. The number of aromatic nitrogens is 1. The summed E-state index contributed by atoms with van der Waals surface area (Å²) in [7, 11) is 0.